The summed E-state index contributed by atoms with van der Waals surface area (Å²) in [6.45, 7) is 5.73. The molecule has 1 N–H and O–H groups in total. The van der Waals surface area contributed by atoms with Crippen molar-refractivity contribution in [2.75, 3.05) is 50.9 Å². The third-order valence-electron chi connectivity index (χ3n) is 3.42. The summed E-state index contributed by atoms with van der Waals surface area (Å²) in [6.07, 6.45) is 1.86. The molecule has 0 bridgehead atoms. The summed E-state index contributed by atoms with van der Waals surface area (Å²) < 4.78 is 27.8. The van der Waals surface area contributed by atoms with Crippen LogP contribution >= 0.6 is 0 Å². The van der Waals surface area contributed by atoms with Crippen molar-refractivity contribution in [3.05, 3.63) is 0 Å². The highest BCUT2D eigenvalue weighted by molar-refractivity contribution is 7.91. The van der Waals surface area contributed by atoms with Gasteiger partial charge in [-0.1, -0.05) is 0 Å². The van der Waals surface area contributed by atoms with E-state index < -0.39 is 9.84 Å². The molecular formula is C11H22N2O3S. The fourth-order valence-corrected chi connectivity index (χ4v) is 4.10. The van der Waals surface area contributed by atoms with E-state index in [2.05, 4.69) is 10.2 Å². The van der Waals surface area contributed by atoms with Crippen molar-refractivity contribution >= 4 is 9.84 Å². The first-order valence-corrected chi connectivity index (χ1v) is 8.22. The Morgan fingerprint density at radius 2 is 2.06 bits per heavy atom. The fraction of sp³-hybridized carbons (Fsp3) is 1.00. The van der Waals surface area contributed by atoms with Gasteiger partial charge in [-0.2, -0.15) is 0 Å². The molecule has 2 aliphatic rings. The molecule has 0 radical (unpaired) electrons. The summed E-state index contributed by atoms with van der Waals surface area (Å²) >= 11 is 0. The molecule has 0 aromatic rings. The number of ether oxygens (including phenoxy) is 1. The number of morpholine rings is 1. The van der Waals surface area contributed by atoms with Gasteiger partial charge in [0.05, 0.1) is 24.7 Å². The van der Waals surface area contributed by atoms with Gasteiger partial charge in [-0.25, -0.2) is 8.42 Å². The van der Waals surface area contributed by atoms with Crippen molar-refractivity contribution in [3.8, 4) is 0 Å². The van der Waals surface area contributed by atoms with E-state index in [4.69, 9.17) is 4.74 Å². The van der Waals surface area contributed by atoms with Crippen LogP contribution in [0.5, 0.6) is 0 Å². The van der Waals surface area contributed by atoms with Gasteiger partial charge in [0.25, 0.3) is 0 Å². The average Bonchev–Trinajstić information content (AvgIpc) is 2.66. The molecule has 0 aromatic carbocycles. The van der Waals surface area contributed by atoms with Crippen LogP contribution < -0.4 is 5.32 Å². The molecule has 2 saturated heterocycles. The van der Waals surface area contributed by atoms with Gasteiger partial charge in [0.1, 0.15) is 0 Å². The molecule has 0 amide bonds. The van der Waals surface area contributed by atoms with E-state index in [1.54, 1.807) is 0 Å². The maximum Gasteiger partial charge on any atom is 0.151 e. The number of sulfone groups is 1. The van der Waals surface area contributed by atoms with Crippen molar-refractivity contribution in [2.45, 2.75) is 18.9 Å². The molecule has 2 fully saturated rings. The smallest absolute Gasteiger partial charge is 0.151 e. The lowest BCUT2D eigenvalue weighted by molar-refractivity contribution is 0.0374. The minimum atomic E-state index is -2.74. The molecule has 0 aromatic heterocycles. The third-order valence-corrected chi connectivity index (χ3v) is 5.19. The van der Waals surface area contributed by atoms with Crippen molar-refractivity contribution in [2.24, 2.45) is 0 Å². The van der Waals surface area contributed by atoms with Crippen LogP contribution in [0.25, 0.3) is 0 Å². The average molecular weight is 262 g/mol. The Balaban J connectivity index is 1.54. The van der Waals surface area contributed by atoms with E-state index in [-0.39, 0.29) is 6.04 Å². The summed E-state index contributed by atoms with van der Waals surface area (Å²) in [5.74, 6) is 0.679. The van der Waals surface area contributed by atoms with Gasteiger partial charge in [0, 0.05) is 19.1 Å². The van der Waals surface area contributed by atoms with E-state index in [1.165, 1.54) is 0 Å². The topological polar surface area (TPSA) is 58.6 Å². The largest absolute Gasteiger partial charge is 0.379 e. The van der Waals surface area contributed by atoms with Crippen LogP contribution in [0.15, 0.2) is 0 Å². The lowest BCUT2D eigenvalue weighted by atomic mass is 10.2. The first kappa shape index (κ1) is 13.3. The van der Waals surface area contributed by atoms with Gasteiger partial charge in [0.15, 0.2) is 9.84 Å². The first-order valence-electron chi connectivity index (χ1n) is 6.40. The predicted molar refractivity (Wildman–Crippen MR) is 66.9 cm³/mol. The van der Waals surface area contributed by atoms with Crippen molar-refractivity contribution in [1.29, 1.82) is 0 Å². The molecule has 2 heterocycles. The number of nitrogens with one attached hydrogen (secondary N) is 1. The lowest BCUT2D eigenvalue weighted by Gasteiger charge is -2.26. The molecule has 2 aliphatic heterocycles. The van der Waals surface area contributed by atoms with E-state index >= 15 is 0 Å². The van der Waals surface area contributed by atoms with E-state index in [0.29, 0.717) is 11.5 Å². The Kier molecular flexibility index (Phi) is 4.78. The number of rotatable bonds is 5. The monoisotopic (exact) mass is 262 g/mol. The minimum Gasteiger partial charge on any atom is -0.379 e. The standard InChI is InChI=1S/C11H22N2O3S/c14-17(15)9-2-11(10-17)12-3-1-4-13-5-7-16-8-6-13/h11-12H,1-10H2/t11-/m0/s1. The summed E-state index contributed by atoms with van der Waals surface area (Å²) in [4.78, 5) is 2.40. The Labute approximate surface area is 103 Å². The number of hydrogen-bond donors (Lipinski definition) is 1. The van der Waals surface area contributed by atoms with Gasteiger partial charge in [0.2, 0.25) is 0 Å². The minimum absolute atomic E-state index is 0.185. The van der Waals surface area contributed by atoms with Gasteiger partial charge in [-0.3, -0.25) is 4.90 Å². The second kappa shape index (κ2) is 6.13. The fourth-order valence-electron chi connectivity index (χ4n) is 2.39. The molecule has 0 aliphatic carbocycles. The molecule has 1 atom stereocenters. The summed E-state index contributed by atoms with van der Waals surface area (Å²) in [6, 6.07) is 0.185. The SMILES string of the molecule is O=S1(=O)CC[C@H](NCCCN2CCOCC2)C1. The van der Waals surface area contributed by atoms with Crippen molar-refractivity contribution in [3.63, 3.8) is 0 Å². The maximum absolute atomic E-state index is 11.3. The number of hydrogen-bond acceptors (Lipinski definition) is 5. The van der Waals surface area contributed by atoms with Gasteiger partial charge in [-0.15, -0.1) is 0 Å². The maximum atomic E-state index is 11.3. The highest BCUT2D eigenvalue weighted by Crippen LogP contribution is 2.11. The Hall–Kier alpha value is -0.170. The molecule has 100 valence electrons. The van der Waals surface area contributed by atoms with Crippen LogP contribution in [0.1, 0.15) is 12.8 Å². The quantitative estimate of drug-likeness (QED) is 0.676. The molecule has 5 nitrogen and oxygen atoms in total. The molecule has 2 rings (SSSR count). The normalized spacial score (nSPS) is 29.5. The van der Waals surface area contributed by atoms with Crippen LogP contribution in [0.2, 0.25) is 0 Å². The van der Waals surface area contributed by atoms with Crippen LogP contribution in [0, 0.1) is 0 Å². The lowest BCUT2D eigenvalue weighted by Crippen LogP contribution is -2.38. The van der Waals surface area contributed by atoms with Crippen LogP contribution in [-0.4, -0.2) is 70.3 Å². The Morgan fingerprint density at radius 1 is 1.29 bits per heavy atom. The van der Waals surface area contributed by atoms with Gasteiger partial charge >= 0.3 is 0 Å². The molecule has 0 unspecified atom stereocenters. The summed E-state index contributed by atoms with van der Waals surface area (Å²) in [5, 5.41) is 3.34. The van der Waals surface area contributed by atoms with Crippen molar-refractivity contribution in [1.82, 2.24) is 10.2 Å². The highest BCUT2D eigenvalue weighted by Gasteiger charge is 2.26. The van der Waals surface area contributed by atoms with Gasteiger partial charge in [-0.05, 0) is 25.9 Å². The third kappa shape index (κ3) is 4.54. The van der Waals surface area contributed by atoms with Crippen LogP contribution in [0.3, 0.4) is 0 Å². The zero-order chi connectivity index (χ0) is 12.1. The second-order valence-corrected chi connectivity index (χ2v) is 7.09. The Bertz CT molecular complexity index is 326. The highest BCUT2D eigenvalue weighted by atomic mass is 32.2. The predicted octanol–water partition coefficient (Wildman–Crippen LogP) is -0.515. The van der Waals surface area contributed by atoms with Crippen LogP contribution in [0.4, 0.5) is 0 Å². The first-order chi connectivity index (χ1) is 8.16. The molecule has 17 heavy (non-hydrogen) atoms. The van der Waals surface area contributed by atoms with Crippen LogP contribution in [-0.2, 0) is 14.6 Å². The molecular weight excluding hydrogens is 240 g/mol. The summed E-state index contributed by atoms with van der Waals surface area (Å²) in [5.41, 5.74) is 0. The summed E-state index contributed by atoms with van der Waals surface area (Å²) in [7, 11) is -2.74. The second-order valence-electron chi connectivity index (χ2n) is 4.86. The molecule has 6 heteroatoms. The molecule has 0 spiro atoms. The molecule has 0 saturated carbocycles. The van der Waals surface area contributed by atoms with E-state index in [0.717, 1.165) is 52.2 Å². The zero-order valence-electron chi connectivity index (χ0n) is 10.2. The van der Waals surface area contributed by atoms with E-state index in [1.807, 2.05) is 0 Å². The number of nitrogens with zero attached hydrogens (tertiary/aromatic N) is 1. The Morgan fingerprint density at radius 3 is 2.71 bits per heavy atom. The zero-order valence-corrected chi connectivity index (χ0v) is 11.0. The van der Waals surface area contributed by atoms with E-state index in [9.17, 15) is 8.42 Å². The van der Waals surface area contributed by atoms with Crippen molar-refractivity contribution < 1.29 is 13.2 Å². The van der Waals surface area contributed by atoms with Gasteiger partial charge < -0.3 is 10.1 Å².